The van der Waals surface area contributed by atoms with Gasteiger partial charge in [-0.15, -0.1) is 0 Å². The number of aromatic nitrogens is 3. The van der Waals surface area contributed by atoms with Crippen LogP contribution in [0, 0.1) is 13.8 Å². The van der Waals surface area contributed by atoms with Crippen LogP contribution in [0.2, 0.25) is 0 Å². The molecule has 0 aliphatic heterocycles. The summed E-state index contributed by atoms with van der Waals surface area (Å²) in [6.45, 7) is 22.1. The number of pyridine rings is 1. The highest BCUT2D eigenvalue weighted by molar-refractivity contribution is 5.98. The van der Waals surface area contributed by atoms with Crippen molar-refractivity contribution in [3.63, 3.8) is 0 Å². The standard InChI is InChI=1S/C64H65N3O/c1-39(2)47-35-53(40(3)4)61(68)56(36-47)62-66-60-52(48-32-49(34-51(33-48)64(10,11)12)57-37-46(29-30-65-57)43-23-21-41(5)22-24-43)19-16-20-58(60)67(62)59-31-42(6)54(38-55(59)44-17-14-13-15-18-44)45-25-27-50(28-26-45)63(7,8)9/h13-40,68H,1-12H3/i5D3. The molecule has 342 valence electrons. The number of hydrogen-bond donors (Lipinski definition) is 1. The molecule has 7 aromatic carbocycles. The van der Waals surface area contributed by atoms with Gasteiger partial charge < -0.3 is 5.11 Å². The Morgan fingerprint density at radius 1 is 0.544 bits per heavy atom. The highest BCUT2D eigenvalue weighted by atomic mass is 16.3. The van der Waals surface area contributed by atoms with Crippen molar-refractivity contribution in [2.75, 3.05) is 0 Å². The highest BCUT2D eigenvalue weighted by Gasteiger charge is 2.27. The van der Waals surface area contributed by atoms with E-state index in [2.05, 4.69) is 202 Å². The molecule has 1 N–H and O–H groups in total. The van der Waals surface area contributed by atoms with Crippen molar-refractivity contribution in [2.24, 2.45) is 0 Å². The van der Waals surface area contributed by atoms with Gasteiger partial charge in [-0.1, -0.05) is 178 Å². The van der Waals surface area contributed by atoms with Crippen molar-refractivity contribution in [3.05, 3.63) is 191 Å². The molecule has 0 atom stereocenters. The molecule has 68 heavy (non-hydrogen) atoms. The molecular weight excluding hydrogens is 827 g/mol. The molecule has 4 nitrogen and oxygen atoms in total. The largest absolute Gasteiger partial charge is 0.507 e. The topological polar surface area (TPSA) is 50.9 Å². The van der Waals surface area contributed by atoms with Crippen LogP contribution < -0.4 is 0 Å². The predicted molar refractivity (Wildman–Crippen MR) is 288 cm³/mol. The first kappa shape index (κ1) is 42.3. The Morgan fingerprint density at radius 3 is 1.88 bits per heavy atom. The van der Waals surface area contributed by atoms with E-state index in [4.69, 9.17) is 14.1 Å². The minimum atomic E-state index is -2.17. The average molecular weight is 895 g/mol. The Labute approximate surface area is 408 Å². The third-order valence-electron chi connectivity index (χ3n) is 13.5. The number of para-hydroxylation sites is 1. The van der Waals surface area contributed by atoms with Crippen molar-refractivity contribution in [2.45, 2.75) is 106 Å². The minimum absolute atomic E-state index is 0.0364. The third-order valence-corrected chi connectivity index (χ3v) is 13.5. The molecule has 0 aliphatic carbocycles. The second kappa shape index (κ2) is 17.9. The summed E-state index contributed by atoms with van der Waals surface area (Å²) in [5.41, 5.74) is 19.2. The summed E-state index contributed by atoms with van der Waals surface area (Å²) in [6, 6.07) is 52.8. The number of aryl methyl sites for hydroxylation is 2. The van der Waals surface area contributed by atoms with E-state index in [1.165, 1.54) is 5.56 Å². The van der Waals surface area contributed by atoms with Crippen molar-refractivity contribution >= 4 is 11.0 Å². The number of imidazole rings is 1. The second-order valence-corrected chi connectivity index (χ2v) is 21.2. The number of phenolic OH excluding ortho intramolecular Hbond substituents is 1. The Kier molecular flexibility index (Phi) is 11.1. The van der Waals surface area contributed by atoms with Crippen LogP contribution >= 0.6 is 0 Å². The molecule has 2 heterocycles. The molecule has 0 saturated heterocycles. The summed E-state index contributed by atoms with van der Waals surface area (Å²) < 4.78 is 25.9. The SMILES string of the molecule is [2H]C([2H])([2H])c1ccc(-c2ccnc(-c3cc(-c4cccc5c4nc(-c4cc(C(C)C)cc(C(C)C)c4O)n5-c4cc(C)c(-c5ccc(C(C)(C)C)cc5)cc4-c4ccccc4)cc(C(C)(C)C)c3)c2)cc1. The zero-order valence-corrected chi connectivity index (χ0v) is 41.5. The molecule has 0 saturated carbocycles. The molecule has 4 heteroatoms. The van der Waals surface area contributed by atoms with Crippen molar-refractivity contribution in [3.8, 4) is 78.6 Å². The van der Waals surface area contributed by atoms with Crippen LogP contribution in [-0.2, 0) is 10.8 Å². The Morgan fingerprint density at radius 2 is 1.22 bits per heavy atom. The lowest BCUT2D eigenvalue weighted by Gasteiger charge is -2.22. The Balaban J connectivity index is 1.32. The van der Waals surface area contributed by atoms with E-state index >= 15 is 0 Å². The van der Waals surface area contributed by atoms with Crippen molar-refractivity contribution in [1.82, 2.24) is 14.5 Å². The second-order valence-electron chi connectivity index (χ2n) is 21.2. The van der Waals surface area contributed by atoms with Crippen LogP contribution in [0.5, 0.6) is 5.75 Å². The number of phenols is 1. The van der Waals surface area contributed by atoms with Gasteiger partial charge in [0.05, 0.1) is 28.0 Å². The smallest absolute Gasteiger partial charge is 0.149 e. The summed E-state index contributed by atoms with van der Waals surface area (Å²) in [7, 11) is 0. The number of rotatable bonds is 9. The van der Waals surface area contributed by atoms with Crippen molar-refractivity contribution in [1.29, 1.82) is 0 Å². The number of hydrogen-bond acceptors (Lipinski definition) is 3. The molecule has 0 fully saturated rings. The molecule has 0 radical (unpaired) electrons. The zero-order valence-electron chi connectivity index (χ0n) is 44.5. The summed E-state index contributed by atoms with van der Waals surface area (Å²) >= 11 is 0. The molecule has 9 rings (SSSR count). The van der Waals surface area contributed by atoms with E-state index in [0.29, 0.717) is 17.0 Å². The van der Waals surface area contributed by atoms with Gasteiger partial charge in [-0.2, -0.15) is 0 Å². The van der Waals surface area contributed by atoms with Gasteiger partial charge in [0.25, 0.3) is 0 Å². The quantitative estimate of drug-likeness (QED) is 0.157. The van der Waals surface area contributed by atoms with E-state index < -0.39 is 6.85 Å². The van der Waals surface area contributed by atoms with E-state index in [1.54, 1.807) is 12.1 Å². The van der Waals surface area contributed by atoms with Gasteiger partial charge in [0, 0.05) is 27.0 Å². The fourth-order valence-corrected chi connectivity index (χ4v) is 9.36. The molecular formula is C64H65N3O. The highest BCUT2D eigenvalue weighted by Crippen LogP contribution is 2.45. The number of benzene rings is 7. The van der Waals surface area contributed by atoms with Gasteiger partial charge in [-0.25, -0.2) is 4.98 Å². The van der Waals surface area contributed by atoms with E-state index in [1.807, 2.05) is 24.4 Å². The fourth-order valence-electron chi connectivity index (χ4n) is 9.36. The first-order chi connectivity index (χ1) is 33.6. The molecule has 9 aromatic rings. The fraction of sp³-hybridized carbons (Fsp3) is 0.250. The average Bonchev–Trinajstić information content (AvgIpc) is 3.73. The van der Waals surface area contributed by atoms with Crippen LogP contribution in [0.4, 0.5) is 0 Å². The molecule has 0 unspecified atom stereocenters. The van der Waals surface area contributed by atoms with Crippen LogP contribution in [0.3, 0.4) is 0 Å². The summed E-state index contributed by atoms with van der Waals surface area (Å²) in [6.07, 6.45) is 1.82. The molecule has 2 aromatic heterocycles. The summed E-state index contributed by atoms with van der Waals surface area (Å²) in [5, 5.41) is 12.5. The predicted octanol–water partition coefficient (Wildman–Crippen LogP) is 17.6. The number of nitrogens with zero attached hydrogens (tertiary/aromatic N) is 3. The first-order valence-electron chi connectivity index (χ1n) is 25.5. The van der Waals surface area contributed by atoms with E-state index in [9.17, 15) is 5.11 Å². The van der Waals surface area contributed by atoms with Gasteiger partial charge in [-0.3, -0.25) is 9.55 Å². The third kappa shape index (κ3) is 8.93. The van der Waals surface area contributed by atoms with Gasteiger partial charge in [-0.05, 0) is 146 Å². The lowest BCUT2D eigenvalue weighted by molar-refractivity contribution is 0.466. The zero-order chi connectivity index (χ0) is 50.7. The van der Waals surface area contributed by atoms with Crippen LogP contribution in [0.1, 0.15) is 119 Å². The Bertz CT molecular complexity index is 3420. The maximum absolute atomic E-state index is 12.5. The maximum Gasteiger partial charge on any atom is 0.149 e. The van der Waals surface area contributed by atoms with Crippen LogP contribution in [-0.4, -0.2) is 19.6 Å². The van der Waals surface area contributed by atoms with Crippen LogP contribution in [0.25, 0.3) is 83.9 Å². The lowest BCUT2D eigenvalue weighted by Crippen LogP contribution is -2.11. The minimum Gasteiger partial charge on any atom is -0.507 e. The Hall–Kier alpha value is -7.04. The maximum atomic E-state index is 12.5. The number of fused-ring (bicyclic) bond motifs is 1. The molecule has 0 amide bonds. The van der Waals surface area contributed by atoms with Gasteiger partial charge >= 0.3 is 0 Å². The first-order valence-corrected chi connectivity index (χ1v) is 24.0. The van der Waals surface area contributed by atoms with Crippen LogP contribution in [0.15, 0.2) is 158 Å². The molecule has 0 spiro atoms. The van der Waals surface area contributed by atoms with Gasteiger partial charge in [0.2, 0.25) is 0 Å². The monoisotopic (exact) mass is 895 g/mol. The number of aromatic hydroxyl groups is 1. The van der Waals surface area contributed by atoms with E-state index in [0.717, 1.165) is 94.7 Å². The van der Waals surface area contributed by atoms with Gasteiger partial charge in [0.1, 0.15) is 11.6 Å². The molecule has 0 aliphatic rings. The summed E-state index contributed by atoms with van der Waals surface area (Å²) in [4.78, 5) is 10.6. The van der Waals surface area contributed by atoms with E-state index in [-0.39, 0.29) is 28.4 Å². The molecule has 0 bridgehead atoms. The normalized spacial score (nSPS) is 13.0. The lowest BCUT2D eigenvalue weighted by atomic mass is 9.83. The van der Waals surface area contributed by atoms with Crippen molar-refractivity contribution < 1.29 is 9.22 Å². The summed E-state index contributed by atoms with van der Waals surface area (Å²) in [5.74, 6) is 1.20. The van der Waals surface area contributed by atoms with Gasteiger partial charge in [0.15, 0.2) is 0 Å².